The number of benzene rings is 4. The van der Waals surface area contributed by atoms with Gasteiger partial charge in [0.15, 0.2) is 0 Å². The fraction of sp³-hybridized carbons (Fsp3) is 0.0690. The van der Waals surface area contributed by atoms with E-state index in [9.17, 15) is 0 Å². The van der Waals surface area contributed by atoms with E-state index < -0.39 is 0 Å². The van der Waals surface area contributed by atoms with Gasteiger partial charge in [-0.05, 0) is 41.0 Å². The van der Waals surface area contributed by atoms with Gasteiger partial charge in [0, 0.05) is 6.42 Å². The first-order valence-corrected chi connectivity index (χ1v) is 11.6. The lowest BCUT2D eigenvalue weighted by Gasteiger charge is -2.24. The van der Waals surface area contributed by atoms with Gasteiger partial charge in [-0.15, -0.1) is 0 Å². The van der Waals surface area contributed by atoms with E-state index in [0.29, 0.717) is 5.95 Å². The number of hydrogen-bond acceptors (Lipinski definition) is 5. The molecule has 1 atom stereocenters. The molecule has 0 amide bonds. The lowest BCUT2D eigenvalue weighted by atomic mass is 9.98. The Labute approximate surface area is 203 Å². The molecule has 2 heterocycles. The first-order chi connectivity index (χ1) is 17.3. The molecule has 170 valence electrons. The summed E-state index contributed by atoms with van der Waals surface area (Å²) >= 11 is 0. The monoisotopic (exact) mass is 456 g/mol. The maximum Gasteiger partial charge on any atom is 0.222 e. The third-order valence-corrected chi connectivity index (χ3v) is 6.13. The number of hydrazone groups is 2. The minimum Gasteiger partial charge on any atom is -0.323 e. The van der Waals surface area contributed by atoms with Crippen molar-refractivity contribution in [2.45, 2.75) is 12.5 Å². The zero-order valence-electron chi connectivity index (χ0n) is 19.0. The van der Waals surface area contributed by atoms with Crippen LogP contribution in [0.15, 0.2) is 119 Å². The minimum absolute atomic E-state index is 0.153. The SMILES string of the molecule is C(=N/Nc1nc2ccccc2[nH]1)/c1ccc(N2N=C(c3ccccc3)CC2c2ccccc2)cc1. The van der Waals surface area contributed by atoms with Gasteiger partial charge in [-0.1, -0.05) is 84.9 Å². The van der Waals surface area contributed by atoms with Gasteiger partial charge in [-0.3, -0.25) is 5.01 Å². The first-order valence-electron chi connectivity index (χ1n) is 11.6. The number of para-hydroxylation sites is 2. The number of fused-ring (bicyclic) bond motifs is 1. The number of imidazole rings is 1. The van der Waals surface area contributed by atoms with Gasteiger partial charge in [0.1, 0.15) is 0 Å². The predicted molar refractivity (Wildman–Crippen MR) is 143 cm³/mol. The van der Waals surface area contributed by atoms with Gasteiger partial charge >= 0.3 is 0 Å². The standard InChI is InChI=1S/C29H24N6/c1-3-9-22(10-4-1)27-19-28(23-11-5-2-6-12-23)35(34-27)24-17-15-21(16-18-24)20-30-33-29-31-25-13-7-8-14-26(25)32-29/h1-18,20,28H,19H2,(H2,31,32,33)/b30-20-. The maximum absolute atomic E-state index is 5.03. The zero-order valence-corrected chi connectivity index (χ0v) is 19.0. The highest BCUT2D eigenvalue weighted by atomic mass is 15.5. The molecular formula is C29H24N6. The zero-order chi connectivity index (χ0) is 23.5. The van der Waals surface area contributed by atoms with Crippen LogP contribution in [0.25, 0.3) is 11.0 Å². The van der Waals surface area contributed by atoms with Crippen molar-refractivity contribution in [1.82, 2.24) is 9.97 Å². The molecule has 1 aromatic heterocycles. The lowest BCUT2D eigenvalue weighted by Crippen LogP contribution is -2.18. The average Bonchev–Trinajstić information content (AvgIpc) is 3.55. The van der Waals surface area contributed by atoms with E-state index in [4.69, 9.17) is 5.10 Å². The van der Waals surface area contributed by atoms with E-state index in [1.165, 1.54) is 5.56 Å². The Hall–Kier alpha value is -4.71. The molecule has 0 radical (unpaired) electrons. The van der Waals surface area contributed by atoms with Gasteiger partial charge in [-0.2, -0.15) is 10.2 Å². The Balaban J connectivity index is 1.22. The number of aromatic nitrogens is 2. The summed E-state index contributed by atoms with van der Waals surface area (Å²) in [6, 6.07) is 37.3. The van der Waals surface area contributed by atoms with Crippen molar-refractivity contribution >= 4 is 34.6 Å². The first kappa shape index (κ1) is 20.9. The molecule has 1 aliphatic rings. The molecule has 6 heteroatoms. The van der Waals surface area contributed by atoms with Crippen molar-refractivity contribution in [3.05, 3.63) is 126 Å². The Kier molecular flexibility index (Phi) is 5.53. The number of rotatable bonds is 6. The number of nitrogens with zero attached hydrogens (tertiary/aromatic N) is 4. The number of hydrogen-bond donors (Lipinski definition) is 2. The number of anilines is 2. The molecule has 0 bridgehead atoms. The van der Waals surface area contributed by atoms with Crippen LogP contribution in [-0.4, -0.2) is 21.9 Å². The van der Waals surface area contributed by atoms with Crippen molar-refractivity contribution in [2.24, 2.45) is 10.2 Å². The molecule has 35 heavy (non-hydrogen) atoms. The molecule has 6 nitrogen and oxygen atoms in total. The molecule has 0 saturated heterocycles. The molecule has 5 aromatic rings. The third-order valence-electron chi connectivity index (χ3n) is 6.13. The Morgan fingerprint density at radius 2 is 1.54 bits per heavy atom. The molecule has 0 aliphatic carbocycles. The summed E-state index contributed by atoms with van der Waals surface area (Å²) in [4.78, 5) is 7.69. The normalized spacial score (nSPS) is 15.6. The van der Waals surface area contributed by atoms with Crippen molar-refractivity contribution in [2.75, 3.05) is 10.4 Å². The molecule has 0 spiro atoms. The molecule has 2 N–H and O–H groups in total. The highest BCUT2D eigenvalue weighted by Gasteiger charge is 2.29. The molecular weight excluding hydrogens is 432 g/mol. The average molecular weight is 457 g/mol. The molecule has 1 unspecified atom stereocenters. The second-order valence-electron chi connectivity index (χ2n) is 8.45. The summed E-state index contributed by atoms with van der Waals surface area (Å²) in [5.41, 5.74) is 10.4. The number of nitrogens with one attached hydrogen (secondary N) is 2. The summed E-state index contributed by atoms with van der Waals surface area (Å²) in [7, 11) is 0. The Morgan fingerprint density at radius 3 is 2.31 bits per heavy atom. The van der Waals surface area contributed by atoms with Crippen molar-refractivity contribution < 1.29 is 0 Å². The van der Waals surface area contributed by atoms with Crippen LogP contribution in [0.5, 0.6) is 0 Å². The topological polar surface area (TPSA) is 68.7 Å². The predicted octanol–water partition coefficient (Wildman–Crippen LogP) is 6.36. The van der Waals surface area contributed by atoms with Gasteiger partial charge < -0.3 is 4.98 Å². The van der Waals surface area contributed by atoms with Crippen LogP contribution in [0.3, 0.4) is 0 Å². The second-order valence-corrected chi connectivity index (χ2v) is 8.45. The van der Waals surface area contributed by atoms with Gasteiger partial charge in [0.2, 0.25) is 5.95 Å². The van der Waals surface area contributed by atoms with Crippen LogP contribution in [0.2, 0.25) is 0 Å². The van der Waals surface area contributed by atoms with E-state index in [2.05, 4.69) is 104 Å². The molecule has 4 aromatic carbocycles. The maximum atomic E-state index is 5.03. The van der Waals surface area contributed by atoms with E-state index in [1.807, 2.05) is 30.3 Å². The van der Waals surface area contributed by atoms with E-state index in [0.717, 1.165) is 40.0 Å². The molecule has 0 fully saturated rings. The van der Waals surface area contributed by atoms with Crippen LogP contribution in [0.1, 0.15) is 29.2 Å². The van der Waals surface area contributed by atoms with E-state index >= 15 is 0 Å². The Bertz CT molecular complexity index is 1450. The highest BCUT2D eigenvalue weighted by Crippen LogP contribution is 2.36. The third kappa shape index (κ3) is 4.42. The van der Waals surface area contributed by atoms with Crippen molar-refractivity contribution in [3.8, 4) is 0 Å². The van der Waals surface area contributed by atoms with Crippen LogP contribution in [0.4, 0.5) is 11.6 Å². The summed E-state index contributed by atoms with van der Waals surface area (Å²) in [5.74, 6) is 0.615. The number of aromatic amines is 1. The fourth-order valence-corrected chi connectivity index (χ4v) is 4.38. The minimum atomic E-state index is 0.153. The Morgan fingerprint density at radius 1 is 0.829 bits per heavy atom. The van der Waals surface area contributed by atoms with Crippen LogP contribution in [0, 0.1) is 0 Å². The van der Waals surface area contributed by atoms with Crippen molar-refractivity contribution in [3.63, 3.8) is 0 Å². The van der Waals surface area contributed by atoms with Crippen molar-refractivity contribution in [1.29, 1.82) is 0 Å². The van der Waals surface area contributed by atoms with Crippen LogP contribution < -0.4 is 10.4 Å². The summed E-state index contributed by atoms with van der Waals surface area (Å²) in [6.45, 7) is 0. The largest absolute Gasteiger partial charge is 0.323 e. The van der Waals surface area contributed by atoms with Crippen LogP contribution >= 0.6 is 0 Å². The van der Waals surface area contributed by atoms with Crippen LogP contribution in [-0.2, 0) is 0 Å². The van der Waals surface area contributed by atoms with Gasteiger partial charge in [0.25, 0.3) is 0 Å². The summed E-state index contributed by atoms with van der Waals surface area (Å²) < 4.78 is 0. The smallest absolute Gasteiger partial charge is 0.222 e. The van der Waals surface area contributed by atoms with Gasteiger partial charge in [-0.25, -0.2) is 10.4 Å². The van der Waals surface area contributed by atoms with E-state index in [1.54, 1.807) is 6.21 Å². The van der Waals surface area contributed by atoms with E-state index in [-0.39, 0.29) is 6.04 Å². The molecule has 6 rings (SSSR count). The summed E-state index contributed by atoms with van der Waals surface area (Å²) in [5, 5.41) is 11.5. The quantitative estimate of drug-likeness (QED) is 0.231. The highest BCUT2D eigenvalue weighted by molar-refractivity contribution is 6.03. The molecule has 0 saturated carbocycles. The number of H-pyrrole nitrogens is 1. The summed E-state index contributed by atoms with van der Waals surface area (Å²) in [6.07, 6.45) is 2.65. The second kappa shape index (κ2) is 9.27. The fourth-order valence-electron chi connectivity index (χ4n) is 4.38. The lowest BCUT2D eigenvalue weighted by molar-refractivity contribution is 0.709. The van der Waals surface area contributed by atoms with Gasteiger partial charge in [0.05, 0.1) is 34.7 Å². The molecule has 1 aliphatic heterocycles.